The molecule has 0 saturated heterocycles. The third-order valence-corrected chi connectivity index (χ3v) is 6.11. The van der Waals surface area contributed by atoms with E-state index in [1.807, 2.05) is 0 Å². The molecule has 1 saturated carbocycles. The molecule has 1 heterocycles. The van der Waals surface area contributed by atoms with Crippen molar-refractivity contribution < 1.29 is 4.79 Å². The highest BCUT2D eigenvalue weighted by atomic mass is 16.1. The minimum atomic E-state index is -0.168. The maximum Gasteiger partial charge on any atom is 0.235 e. The van der Waals surface area contributed by atoms with Gasteiger partial charge in [-0.15, -0.1) is 0 Å². The zero-order valence-electron chi connectivity index (χ0n) is 15.2. The van der Waals surface area contributed by atoms with E-state index in [4.69, 9.17) is 5.73 Å². The normalized spacial score (nSPS) is 23.9. The molecule has 0 radical (unpaired) electrons. The quantitative estimate of drug-likeness (QED) is 0.891. The van der Waals surface area contributed by atoms with Crippen molar-refractivity contribution in [1.82, 2.24) is 4.90 Å². The Labute approximate surface area is 146 Å². The molecule has 1 aromatic carbocycles. The van der Waals surface area contributed by atoms with Gasteiger partial charge in [-0.25, -0.2) is 0 Å². The number of amides is 1. The Kier molecular flexibility index (Phi) is 5.60. The smallest absolute Gasteiger partial charge is 0.235 e. The zero-order valence-corrected chi connectivity index (χ0v) is 15.2. The van der Waals surface area contributed by atoms with Gasteiger partial charge in [0.05, 0.1) is 6.04 Å². The van der Waals surface area contributed by atoms with Crippen molar-refractivity contribution in [2.75, 3.05) is 0 Å². The lowest BCUT2D eigenvalue weighted by atomic mass is 9.80. The molecule has 132 valence electrons. The van der Waals surface area contributed by atoms with Crippen LogP contribution in [-0.4, -0.2) is 22.9 Å². The summed E-state index contributed by atoms with van der Waals surface area (Å²) in [6.07, 6.45) is 8.83. The number of primary amides is 1. The molecule has 3 nitrogen and oxygen atoms in total. The fourth-order valence-electron chi connectivity index (χ4n) is 4.71. The number of benzene rings is 1. The van der Waals surface area contributed by atoms with E-state index in [1.54, 1.807) is 0 Å². The Hall–Kier alpha value is -1.35. The summed E-state index contributed by atoms with van der Waals surface area (Å²) in [5.74, 6) is 1.19. The molecule has 1 fully saturated rings. The molecule has 3 heteroatoms. The SMILES string of the molecule is CC(C)[C@@H](CC1CCCCC1)N1Cc2ccccc2C[C@@H]1C(N)=O. The average molecular weight is 329 g/mol. The van der Waals surface area contributed by atoms with Gasteiger partial charge in [0.25, 0.3) is 0 Å². The van der Waals surface area contributed by atoms with Crippen LogP contribution >= 0.6 is 0 Å². The third kappa shape index (κ3) is 3.83. The summed E-state index contributed by atoms with van der Waals surface area (Å²) in [6, 6.07) is 8.81. The number of nitrogens with two attached hydrogens (primary N) is 1. The zero-order chi connectivity index (χ0) is 17.1. The first-order valence-electron chi connectivity index (χ1n) is 9.68. The molecule has 1 aliphatic heterocycles. The number of fused-ring (bicyclic) bond motifs is 1. The predicted molar refractivity (Wildman–Crippen MR) is 98.5 cm³/mol. The number of hydrogen-bond donors (Lipinski definition) is 1. The van der Waals surface area contributed by atoms with Crippen molar-refractivity contribution in [3.05, 3.63) is 35.4 Å². The van der Waals surface area contributed by atoms with Crippen molar-refractivity contribution in [2.45, 2.75) is 77.4 Å². The van der Waals surface area contributed by atoms with E-state index < -0.39 is 0 Å². The summed E-state index contributed by atoms with van der Waals surface area (Å²) in [7, 11) is 0. The van der Waals surface area contributed by atoms with Crippen molar-refractivity contribution >= 4 is 5.91 Å². The number of carbonyl (C=O) groups is 1. The molecular formula is C21H32N2O. The highest BCUT2D eigenvalue weighted by Crippen LogP contribution is 2.34. The van der Waals surface area contributed by atoms with E-state index in [2.05, 4.69) is 43.0 Å². The Morgan fingerprint density at radius 3 is 2.46 bits per heavy atom. The largest absolute Gasteiger partial charge is 0.368 e. The average Bonchev–Trinajstić information content (AvgIpc) is 2.59. The molecule has 2 aliphatic rings. The summed E-state index contributed by atoms with van der Waals surface area (Å²) in [5.41, 5.74) is 8.46. The van der Waals surface area contributed by atoms with Crippen molar-refractivity contribution in [1.29, 1.82) is 0 Å². The van der Waals surface area contributed by atoms with Crippen LogP contribution in [0.5, 0.6) is 0 Å². The van der Waals surface area contributed by atoms with Crippen molar-refractivity contribution in [3.63, 3.8) is 0 Å². The van der Waals surface area contributed by atoms with Gasteiger partial charge in [0, 0.05) is 12.6 Å². The lowest BCUT2D eigenvalue weighted by molar-refractivity contribution is -0.125. The summed E-state index contributed by atoms with van der Waals surface area (Å²) < 4.78 is 0. The Balaban J connectivity index is 1.82. The van der Waals surface area contributed by atoms with Gasteiger partial charge < -0.3 is 5.73 Å². The van der Waals surface area contributed by atoms with Gasteiger partial charge in [-0.3, -0.25) is 9.69 Å². The van der Waals surface area contributed by atoms with E-state index in [1.165, 1.54) is 49.7 Å². The molecular weight excluding hydrogens is 296 g/mol. The number of nitrogens with zero attached hydrogens (tertiary/aromatic N) is 1. The van der Waals surface area contributed by atoms with Crippen molar-refractivity contribution in [3.8, 4) is 0 Å². The first-order valence-corrected chi connectivity index (χ1v) is 9.68. The van der Waals surface area contributed by atoms with E-state index in [9.17, 15) is 4.79 Å². The minimum Gasteiger partial charge on any atom is -0.368 e. The van der Waals surface area contributed by atoms with Crippen LogP contribution in [0.3, 0.4) is 0 Å². The predicted octanol–water partition coefficient (Wildman–Crippen LogP) is 3.89. The number of hydrogen-bond acceptors (Lipinski definition) is 2. The van der Waals surface area contributed by atoms with Crippen LogP contribution in [-0.2, 0) is 17.8 Å². The molecule has 0 bridgehead atoms. The van der Waals surface area contributed by atoms with E-state index >= 15 is 0 Å². The van der Waals surface area contributed by atoms with Gasteiger partial charge >= 0.3 is 0 Å². The van der Waals surface area contributed by atoms with Crippen molar-refractivity contribution in [2.24, 2.45) is 17.6 Å². The number of carbonyl (C=O) groups excluding carboxylic acids is 1. The summed E-state index contributed by atoms with van der Waals surface area (Å²) >= 11 is 0. The maximum absolute atomic E-state index is 12.2. The van der Waals surface area contributed by atoms with Crippen LogP contribution in [0.1, 0.15) is 63.5 Å². The van der Waals surface area contributed by atoms with Gasteiger partial charge in [0.15, 0.2) is 0 Å². The minimum absolute atomic E-state index is 0.157. The second-order valence-electron chi connectivity index (χ2n) is 8.11. The van der Waals surface area contributed by atoms with E-state index in [-0.39, 0.29) is 11.9 Å². The molecule has 0 spiro atoms. The first-order chi connectivity index (χ1) is 11.6. The molecule has 1 aromatic rings. The maximum atomic E-state index is 12.2. The summed E-state index contributed by atoms with van der Waals surface area (Å²) in [4.78, 5) is 14.6. The molecule has 0 aromatic heterocycles. The highest BCUT2D eigenvalue weighted by molar-refractivity contribution is 5.80. The lowest BCUT2D eigenvalue weighted by Gasteiger charge is -2.44. The Bertz CT molecular complexity index is 563. The summed E-state index contributed by atoms with van der Waals surface area (Å²) in [5, 5.41) is 0. The highest BCUT2D eigenvalue weighted by Gasteiger charge is 2.36. The van der Waals surface area contributed by atoms with Crippen LogP contribution in [0, 0.1) is 11.8 Å². The van der Waals surface area contributed by atoms with Gasteiger partial charge in [0.1, 0.15) is 0 Å². The van der Waals surface area contributed by atoms with Crippen LogP contribution in [0.2, 0.25) is 0 Å². The van der Waals surface area contributed by atoms with Gasteiger partial charge in [-0.1, -0.05) is 70.2 Å². The fourth-order valence-corrected chi connectivity index (χ4v) is 4.71. The van der Waals surface area contributed by atoms with Gasteiger partial charge in [-0.2, -0.15) is 0 Å². The second kappa shape index (κ2) is 7.69. The molecule has 2 N–H and O–H groups in total. The molecule has 24 heavy (non-hydrogen) atoms. The standard InChI is InChI=1S/C21H32N2O/c1-15(2)19(12-16-8-4-3-5-9-16)23-14-18-11-7-6-10-17(18)13-20(23)21(22)24/h6-7,10-11,15-16,19-20H,3-5,8-9,12-14H2,1-2H3,(H2,22,24)/t19-,20-/m1/s1. The third-order valence-electron chi connectivity index (χ3n) is 6.11. The molecule has 1 aliphatic carbocycles. The fraction of sp³-hybridized carbons (Fsp3) is 0.667. The monoisotopic (exact) mass is 328 g/mol. The van der Waals surface area contributed by atoms with Crippen LogP contribution < -0.4 is 5.73 Å². The molecule has 3 rings (SSSR count). The molecule has 1 amide bonds. The number of rotatable bonds is 5. The van der Waals surface area contributed by atoms with Crippen LogP contribution in [0.25, 0.3) is 0 Å². The first kappa shape index (κ1) is 17.5. The van der Waals surface area contributed by atoms with Crippen LogP contribution in [0.4, 0.5) is 0 Å². The Morgan fingerprint density at radius 1 is 1.17 bits per heavy atom. The molecule has 0 unspecified atom stereocenters. The van der Waals surface area contributed by atoms with E-state index in [0.717, 1.165) is 18.9 Å². The lowest BCUT2D eigenvalue weighted by Crippen LogP contribution is -2.54. The topological polar surface area (TPSA) is 46.3 Å². The Morgan fingerprint density at radius 2 is 1.83 bits per heavy atom. The van der Waals surface area contributed by atoms with Gasteiger partial charge in [0.2, 0.25) is 5.91 Å². The summed E-state index contributed by atoms with van der Waals surface area (Å²) in [6.45, 7) is 5.46. The second-order valence-corrected chi connectivity index (χ2v) is 8.11. The van der Waals surface area contributed by atoms with Gasteiger partial charge in [-0.05, 0) is 35.8 Å². The van der Waals surface area contributed by atoms with Crippen LogP contribution in [0.15, 0.2) is 24.3 Å². The molecule has 2 atom stereocenters. The van der Waals surface area contributed by atoms with E-state index in [0.29, 0.717) is 12.0 Å².